The maximum absolute atomic E-state index is 12.5. The van der Waals surface area contributed by atoms with Crippen molar-refractivity contribution < 1.29 is 22.0 Å². The number of rotatable bonds is 3. The number of benzene rings is 1. The molecule has 0 atom stereocenters. The van der Waals surface area contributed by atoms with E-state index in [4.69, 9.17) is 0 Å². The first-order valence-corrected chi connectivity index (χ1v) is 4.50. The second kappa shape index (κ2) is 4.67. The summed E-state index contributed by atoms with van der Waals surface area (Å²) in [6, 6.07) is 3.42. The van der Waals surface area contributed by atoms with Crippen LogP contribution in [0.4, 0.5) is 27.6 Å². The Morgan fingerprint density at radius 2 is 1.88 bits per heavy atom. The number of halogens is 5. The van der Waals surface area contributed by atoms with Crippen molar-refractivity contribution in [3.05, 3.63) is 29.3 Å². The number of hydrogen-bond donors (Lipinski definition) is 1. The molecule has 1 aromatic carbocycles. The summed E-state index contributed by atoms with van der Waals surface area (Å²) in [5.41, 5.74) is -0.708. The van der Waals surface area contributed by atoms with E-state index in [1.165, 1.54) is 19.1 Å². The van der Waals surface area contributed by atoms with Crippen molar-refractivity contribution in [3.8, 4) is 0 Å². The molecule has 1 rings (SSSR count). The van der Waals surface area contributed by atoms with Crippen LogP contribution < -0.4 is 5.32 Å². The van der Waals surface area contributed by atoms with Gasteiger partial charge in [-0.05, 0) is 24.6 Å². The second-order valence-corrected chi connectivity index (χ2v) is 3.30. The average Bonchev–Trinajstić information content (AvgIpc) is 2.14. The summed E-state index contributed by atoms with van der Waals surface area (Å²) in [5.74, 6) is 0. The number of aryl methyl sites for hydroxylation is 1. The monoisotopic (exact) mass is 239 g/mol. The van der Waals surface area contributed by atoms with Crippen molar-refractivity contribution in [1.29, 1.82) is 0 Å². The molecule has 0 aliphatic rings. The summed E-state index contributed by atoms with van der Waals surface area (Å²) in [7, 11) is 0. The fourth-order valence-electron chi connectivity index (χ4n) is 1.23. The topological polar surface area (TPSA) is 12.0 Å². The first-order valence-electron chi connectivity index (χ1n) is 4.50. The molecule has 0 heterocycles. The lowest BCUT2D eigenvalue weighted by atomic mass is 10.1. The Bertz CT molecular complexity index is 359. The SMILES string of the molecule is Cc1ccc(NCC(F)F)cc1C(F)(F)F. The van der Waals surface area contributed by atoms with Gasteiger partial charge in [0.05, 0.1) is 12.1 Å². The molecule has 0 amide bonds. The van der Waals surface area contributed by atoms with Gasteiger partial charge in [-0.3, -0.25) is 0 Å². The predicted molar refractivity (Wildman–Crippen MR) is 50.7 cm³/mol. The van der Waals surface area contributed by atoms with Crippen LogP contribution in [0.1, 0.15) is 11.1 Å². The molecule has 90 valence electrons. The number of alkyl halides is 5. The molecular weight excluding hydrogens is 229 g/mol. The quantitative estimate of drug-likeness (QED) is 0.793. The number of hydrogen-bond acceptors (Lipinski definition) is 1. The standard InChI is InChI=1S/C10H10F5N/c1-6-2-3-7(16-5-9(11)12)4-8(6)10(13,14)15/h2-4,9,16H,5H2,1H3. The van der Waals surface area contributed by atoms with E-state index in [2.05, 4.69) is 5.32 Å². The average molecular weight is 239 g/mol. The third-order valence-corrected chi connectivity index (χ3v) is 2.00. The maximum Gasteiger partial charge on any atom is 0.416 e. The van der Waals surface area contributed by atoms with Crippen molar-refractivity contribution >= 4 is 5.69 Å². The molecule has 0 saturated carbocycles. The van der Waals surface area contributed by atoms with Crippen LogP contribution in [0, 0.1) is 6.92 Å². The van der Waals surface area contributed by atoms with Gasteiger partial charge in [0.1, 0.15) is 0 Å². The van der Waals surface area contributed by atoms with E-state index in [0.29, 0.717) is 0 Å². The van der Waals surface area contributed by atoms with E-state index in [1.54, 1.807) is 0 Å². The molecule has 0 aliphatic carbocycles. The van der Waals surface area contributed by atoms with Gasteiger partial charge in [-0.2, -0.15) is 13.2 Å². The van der Waals surface area contributed by atoms with Crippen LogP contribution in [0.5, 0.6) is 0 Å². The molecule has 0 saturated heterocycles. The summed E-state index contributed by atoms with van der Waals surface area (Å²) >= 11 is 0. The Labute approximate surface area is 89.3 Å². The smallest absolute Gasteiger partial charge is 0.379 e. The normalized spacial score (nSPS) is 11.9. The zero-order valence-electron chi connectivity index (χ0n) is 8.41. The van der Waals surface area contributed by atoms with Gasteiger partial charge in [0.15, 0.2) is 0 Å². The zero-order chi connectivity index (χ0) is 12.3. The molecule has 0 unspecified atom stereocenters. The predicted octanol–water partition coefficient (Wildman–Crippen LogP) is 3.69. The molecule has 0 radical (unpaired) electrons. The molecule has 0 aliphatic heterocycles. The molecule has 1 N–H and O–H groups in total. The molecule has 0 bridgehead atoms. The van der Waals surface area contributed by atoms with Crippen molar-refractivity contribution in [1.82, 2.24) is 0 Å². The molecule has 1 nitrogen and oxygen atoms in total. The molecule has 0 aromatic heterocycles. The van der Waals surface area contributed by atoms with Crippen LogP contribution in [0.25, 0.3) is 0 Å². The summed E-state index contributed by atoms with van der Waals surface area (Å²) in [6.45, 7) is 0.653. The van der Waals surface area contributed by atoms with Crippen LogP contribution in [0.3, 0.4) is 0 Å². The van der Waals surface area contributed by atoms with Crippen molar-refractivity contribution in [2.45, 2.75) is 19.5 Å². The van der Waals surface area contributed by atoms with Crippen LogP contribution >= 0.6 is 0 Å². The third kappa shape index (κ3) is 3.36. The fraction of sp³-hybridized carbons (Fsp3) is 0.400. The lowest BCUT2D eigenvalue weighted by molar-refractivity contribution is -0.138. The summed E-state index contributed by atoms with van der Waals surface area (Å²) in [4.78, 5) is 0. The summed E-state index contributed by atoms with van der Waals surface area (Å²) in [6.07, 6.45) is -7.07. The van der Waals surface area contributed by atoms with Crippen LogP contribution in [-0.2, 0) is 6.18 Å². The Morgan fingerprint density at radius 1 is 1.25 bits per heavy atom. The first kappa shape index (κ1) is 12.7. The van der Waals surface area contributed by atoms with Gasteiger partial charge in [0.25, 0.3) is 6.43 Å². The van der Waals surface area contributed by atoms with E-state index in [0.717, 1.165) is 6.07 Å². The van der Waals surface area contributed by atoms with Crippen LogP contribution in [0.2, 0.25) is 0 Å². The Kier molecular flexibility index (Phi) is 3.72. The van der Waals surface area contributed by atoms with Gasteiger partial charge in [-0.25, -0.2) is 8.78 Å². The van der Waals surface area contributed by atoms with E-state index >= 15 is 0 Å². The Hall–Kier alpha value is -1.33. The van der Waals surface area contributed by atoms with Gasteiger partial charge in [-0.15, -0.1) is 0 Å². The molecule has 0 fully saturated rings. The maximum atomic E-state index is 12.5. The molecule has 6 heteroatoms. The largest absolute Gasteiger partial charge is 0.416 e. The Balaban J connectivity index is 2.90. The van der Waals surface area contributed by atoms with Gasteiger partial charge < -0.3 is 5.32 Å². The molecular formula is C10H10F5N. The van der Waals surface area contributed by atoms with Crippen molar-refractivity contribution in [3.63, 3.8) is 0 Å². The first-order chi connectivity index (χ1) is 7.30. The molecule has 1 aromatic rings. The fourth-order valence-corrected chi connectivity index (χ4v) is 1.23. The highest BCUT2D eigenvalue weighted by Gasteiger charge is 2.32. The lowest BCUT2D eigenvalue weighted by Gasteiger charge is -2.13. The van der Waals surface area contributed by atoms with Crippen molar-refractivity contribution in [2.75, 3.05) is 11.9 Å². The van der Waals surface area contributed by atoms with Crippen molar-refractivity contribution in [2.24, 2.45) is 0 Å². The zero-order valence-corrected chi connectivity index (χ0v) is 8.41. The second-order valence-electron chi connectivity index (χ2n) is 3.30. The highest BCUT2D eigenvalue weighted by molar-refractivity contribution is 5.49. The highest BCUT2D eigenvalue weighted by Crippen LogP contribution is 2.33. The lowest BCUT2D eigenvalue weighted by Crippen LogP contribution is -2.12. The third-order valence-electron chi connectivity index (χ3n) is 2.00. The molecule has 0 spiro atoms. The minimum Gasteiger partial charge on any atom is -0.379 e. The van der Waals surface area contributed by atoms with Crippen LogP contribution in [0.15, 0.2) is 18.2 Å². The van der Waals surface area contributed by atoms with Gasteiger partial charge in [0, 0.05) is 5.69 Å². The number of anilines is 1. The Morgan fingerprint density at radius 3 is 2.38 bits per heavy atom. The summed E-state index contributed by atoms with van der Waals surface area (Å²) < 4.78 is 61.1. The van der Waals surface area contributed by atoms with Gasteiger partial charge in [0.2, 0.25) is 0 Å². The van der Waals surface area contributed by atoms with E-state index in [1.807, 2.05) is 0 Å². The van der Waals surface area contributed by atoms with Crippen LogP contribution in [-0.4, -0.2) is 13.0 Å². The molecule has 16 heavy (non-hydrogen) atoms. The van der Waals surface area contributed by atoms with E-state index in [-0.39, 0.29) is 11.3 Å². The van der Waals surface area contributed by atoms with E-state index in [9.17, 15) is 22.0 Å². The summed E-state index contributed by atoms with van der Waals surface area (Å²) in [5, 5.41) is 2.23. The highest BCUT2D eigenvalue weighted by atomic mass is 19.4. The minimum atomic E-state index is -4.47. The number of nitrogens with one attached hydrogen (secondary N) is 1. The van der Waals surface area contributed by atoms with Gasteiger partial charge in [-0.1, -0.05) is 6.07 Å². The minimum absolute atomic E-state index is 0.0400. The van der Waals surface area contributed by atoms with Gasteiger partial charge >= 0.3 is 6.18 Å². The van der Waals surface area contributed by atoms with E-state index < -0.39 is 24.7 Å².